The Labute approximate surface area is 116 Å². The van der Waals surface area contributed by atoms with Crippen molar-refractivity contribution in [1.82, 2.24) is 9.55 Å². The summed E-state index contributed by atoms with van der Waals surface area (Å²) in [7, 11) is 0. The number of benzene rings is 1. The van der Waals surface area contributed by atoms with E-state index in [0.29, 0.717) is 0 Å². The molecule has 0 radical (unpaired) electrons. The van der Waals surface area contributed by atoms with E-state index in [1.54, 1.807) is 0 Å². The van der Waals surface area contributed by atoms with E-state index < -0.39 is 0 Å². The molecule has 1 aromatic heterocycles. The molecule has 0 N–H and O–H groups in total. The minimum atomic E-state index is 0.124. The Morgan fingerprint density at radius 3 is 2.82 bits per heavy atom. The molecule has 0 unspecified atom stereocenters. The normalized spacial score (nSPS) is 20.9. The van der Waals surface area contributed by atoms with Crippen LogP contribution in [0.2, 0.25) is 0 Å². The lowest BCUT2D eigenvalue weighted by molar-refractivity contribution is -0.0295. The summed E-state index contributed by atoms with van der Waals surface area (Å²) in [6.07, 6.45) is 5.43. The number of nitrogens with zero attached hydrogens (tertiary/aromatic N) is 2. The van der Waals surface area contributed by atoms with Crippen LogP contribution in [0.1, 0.15) is 25.5 Å². The number of ether oxygens (including phenoxy) is 1. The number of hydrogen-bond donors (Lipinski definition) is 0. The van der Waals surface area contributed by atoms with Crippen molar-refractivity contribution < 1.29 is 4.74 Å². The molecule has 3 rings (SSSR count). The van der Waals surface area contributed by atoms with Crippen molar-refractivity contribution in [2.45, 2.75) is 25.5 Å². The Morgan fingerprint density at radius 1 is 1.24 bits per heavy atom. The summed E-state index contributed by atoms with van der Waals surface area (Å²) in [5, 5.41) is 0. The zero-order valence-electron chi connectivity index (χ0n) is 9.20. The molecular weight excluding hydrogens is 348 g/mol. The van der Waals surface area contributed by atoms with Crippen LogP contribution in [-0.2, 0) is 4.74 Å². The van der Waals surface area contributed by atoms with Crippen LogP contribution in [0.5, 0.6) is 0 Å². The van der Waals surface area contributed by atoms with Gasteiger partial charge in [-0.05, 0) is 63.3 Å². The van der Waals surface area contributed by atoms with E-state index >= 15 is 0 Å². The highest BCUT2D eigenvalue weighted by atomic mass is 79.9. The van der Waals surface area contributed by atoms with Crippen molar-refractivity contribution in [3.63, 3.8) is 0 Å². The first-order valence-corrected chi connectivity index (χ1v) is 7.28. The molecule has 1 aliphatic heterocycles. The quantitative estimate of drug-likeness (QED) is 0.760. The van der Waals surface area contributed by atoms with Gasteiger partial charge in [0.05, 0.1) is 11.8 Å². The minimum absolute atomic E-state index is 0.124. The van der Waals surface area contributed by atoms with Gasteiger partial charge in [0.15, 0.2) is 0 Å². The van der Waals surface area contributed by atoms with Crippen molar-refractivity contribution in [1.29, 1.82) is 0 Å². The van der Waals surface area contributed by atoms with Gasteiger partial charge in [0.1, 0.15) is 11.7 Å². The minimum Gasteiger partial charge on any atom is -0.358 e. The summed E-state index contributed by atoms with van der Waals surface area (Å²) in [6, 6.07) is 4.04. The number of hydrogen-bond acceptors (Lipinski definition) is 2. The fourth-order valence-electron chi connectivity index (χ4n) is 2.24. The molecule has 2 aromatic rings. The first kappa shape index (κ1) is 11.7. The zero-order valence-corrected chi connectivity index (χ0v) is 12.4. The van der Waals surface area contributed by atoms with Gasteiger partial charge >= 0.3 is 0 Å². The van der Waals surface area contributed by atoms with Crippen molar-refractivity contribution in [2.24, 2.45) is 0 Å². The molecule has 1 atom stereocenters. The average Bonchev–Trinajstić information content (AvgIpc) is 2.81. The monoisotopic (exact) mass is 358 g/mol. The Morgan fingerprint density at radius 2 is 2.06 bits per heavy atom. The van der Waals surface area contributed by atoms with Gasteiger partial charge in [-0.1, -0.05) is 0 Å². The number of fused-ring (bicyclic) bond motifs is 1. The van der Waals surface area contributed by atoms with Crippen LogP contribution in [0.4, 0.5) is 0 Å². The Balaban J connectivity index is 2.13. The Hall–Kier alpha value is -0.390. The lowest BCUT2D eigenvalue weighted by atomic mass is 10.2. The van der Waals surface area contributed by atoms with Gasteiger partial charge in [-0.15, -0.1) is 0 Å². The molecule has 17 heavy (non-hydrogen) atoms. The van der Waals surface area contributed by atoms with Gasteiger partial charge in [-0.3, -0.25) is 0 Å². The summed E-state index contributed by atoms with van der Waals surface area (Å²) in [6.45, 7) is 0.843. The molecule has 0 amide bonds. The van der Waals surface area contributed by atoms with Gasteiger partial charge in [0.2, 0.25) is 0 Å². The average molecular weight is 360 g/mol. The van der Waals surface area contributed by atoms with Gasteiger partial charge < -0.3 is 9.30 Å². The van der Waals surface area contributed by atoms with Crippen molar-refractivity contribution in [2.75, 3.05) is 6.61 Å². The predicted molar refractivity (Wildman–Crippen MR) is 74.0 cm³/mol. The van der Waals surface area contributed by atoms with Gasteiger partial charge in [0.25, 0.3) is 0 Å². The zero-order chi connectivity index (χ0) is 11.8. The summed E-state index contributed by atoms with van der Waals surface area (Å²) >= 11 is 7.12. The second kappa shape index (κ2) is 4.71. The van der Waals surface area contributed by atoms with Crippen LogP contribution in [-0.4, -0.2) is 16.2 Å². The van der Waals surface area contributed by atoms with Crippen molar-refractivity contribution in [3.8, 4) is 0 Å². The summed E-state index contributed by atoms with van der Waals surface area (Å²) in [4.78, 5) is 4.46. The van der Waals surface area contributed by atoms with Crippen molar-refractivity contribution >= 4 is 42.9 Å². The van der Waals surface area contributed by atoms with E-state index in [9.17, 15) is 0 Å². The molecule has 1 aromatic carbocycles. The molecule has 1 aliphatic rings. The number of halogens is 2. The highest BCUT2D eigenvalue weighted by Crippen LogP contribution is 2.33. The van der Waals surface area contributed by atoms with E-state index in [-0.39, 0.29) is 6.23 Å². The molecule has 0 aliphatic carbocycles. The van der Waals surface area contributed by atoms with E-state index in [4.69, 9.17) is 4.74 Å². The van der Waals surface area contributed by atoms with E-state index in [1.165, 1.54) is 6.42 Å². The summed E-state index contributed by atoms with van der Waals surface area (Å²) in [5.41, 5.74) is 2.08. The molecular formula is C12H12Br2N2O. The highest BCUT2D eigenvalue weighted by molar-refractivity contribution is 9.11. The molecule has 2 heterocycles. The predicted octanol–water partition coefficient (Wildman–Crippen LogP) is 4.26. The first-order valence-electron chi connectivity index (χ1n) is 5.69. The fraction of sp³-hybridized carbons (Fsp3) is 0.417. The molecule has 3 nitrogen and oxygen atoms in total. The summed E-state index contributed by atoms with van der Waals surface area (Å²) < 4.78 is 10.0. The lowest BCUT2D eigenvalue weighted by Gasteiger charge is -2.24. The van der Waals surface area contributed by atoms with Gasteiger partial charge in [-0.2, -0.15) is 0 Å². The molecule has 0 bridgehead atoms. The van der Waals surface area contributed by atoms with E-state index in [2.05, 4.69) is 41.4 Å². The standard InChI is InChI=1S/C12H12Br2N2O/c13-8-4-5-9(14)12-11(8)15-7-16(12)10-3-1-2-6-17-10/h4-5,7,10H,1-3,6H2/t10-/m1/s1. The lowest BCUT2D eigenvalue weighted by Crippen LogP contribution is -2.17. The molecule has 1 fully saturated rings. The SMILES string of the molecule is Brc1ccc(Br)c2c1ncn2[C@H]1CCCCO1. The van der Waals surface area contributed by atoms with Crippen LogP contribution in [0.3, 0.4) is 0 Å². The van der Waals surface area contributed by atoms with E-state index in [1.807, 2.05) is 18.5 Å². The highest BCUT2D eigenvalue weighted by Gasteiger charge is 2.19. The van der Waals surface area contributed by atoms with Gasteiger partial charge in [-0.25, -0.2) is 4.98 Å². The third kappa shape index (κ3) is 2.04. The van der Waals surface area contributed by atoms with Crippen LogP contribution < -0.4 is 0 Å². The van der Waals surface area contributed by atoms with Crippen LogP contribution in [0.15, 0.2) is 27.4 Å². The maximum atomic E-state index is 5.81. The van der Waals surface area contributed by atoms with Gasteiger partial charge in [0, 0.05) is 15.6 Å². The third-order valence-corrected chi connectivity index (χ3v) is 4.37. The van der Waals surface area contributed by atoms with Crippen molar-refractivity contribution in [3.05, 3.63) is 27.4 Å². The Kier molecular flexibility index (Phi) is 3.23. The largest absolute Gasteiger partial charge is 0.358 e. The van der Waals surface area contributed by atoms with Crippen LogP contribution >= 0.6 is 31.9 Å². The third-order valence-electron chi connectivity index (χ3n) is 3.09. The topological polar surface area (TPSA) is 27.1 Å². The molecule has 1 saturated heterocycles. The fourth-order valence-corrected chi connectivity index (χ4v) is 3.19. The Bertz CT molecular complexity index is 547. The summed E-state index contributed by atoms with van der Waals surface area (Å²) in [5.74, 6) is 0. The van der Waals surface area contributed by atoms with Crippen LogP contribution in [0, 0.1) is 0 Å². The molecule has 0 saturated carbocycles. The maximum Gasteiger partial charge on any atom is 0.135 e. The second-order valence-electron chi connectivity index (χ2n) is 4.20. The smallest absolute Gasteiger partial charge is 0.135 e. The van der Waals surface area contributed by atoms with Crippen LogP contribution in [0.25, 0.3) is 11.0 Å². The number of aromatic nitrogens is 2. The number of rotatable bonds is 1. The maximum absolute atomic E-state index is 5.81. The molecule has 90 valence electrons. The number of imidazole rings is 1. The molecule has 0 spiro atoms. The second-order valence-corrected chi connectivity index (χ2v) is 5.91. The van der Waals surface area contributed by atoms with E-state index in [0.717, 1.165) is 39.4 Å². The molecule has 5 heteroatoms. The first-order chi connectivity index (χ1) is 8.27.